The second-order valence-electron chi connectivity index (χ2n) is 6.82. The molecule has 0 N–H and O–H groups in total. The van der Waals surface area contributed by atoms with Gasteiger partial charge in [-0.15, -0.1) is 0 Å². The number of rotatable bonds is 11. The molecular formula is C22H28N2O7S. The first-order chi connectivity index (χ1) is 15.2. The zero-order chi connectivity index (χ0) is 23.7. The molecule has 0 fully saturated rings. The molecule has 32 heavy (non-hydrogen) atoms. The topological polar surface area (TPSA) is 104 Å². The van der Waals surface area contributed by atoms with E-state index in [2.05, 4.69) is 5.10 Å². The Morgan fingerprint density at radius 3 is 2.12 bits per heavy atom. The van der Waals surface area contributed by atoms with E-state index in [9.17, 15) is 13.2 Å². The van der Waals surface area contributed by atoms with Crippen LogP contribution >= 0.6 is 0 Å². The second-order valence-corrected chi connectivity index (χ2v) is 8.62. The Morgan fingerprint density at radius 1 is 1.03 bits per heavy atom. The number of hydrogen-bond acceptors (Lipinski definition) is 8. The number of sulfonamides is 1. The Morgan fingerprint density at radius 2 is 1.62 bits per heavy atom. The van der Waals surface area contributed by atoms with Crippen molar-refractivity contribution in [2.24, 2.45) is 5.10 Å². The Labute approximate surface area is 188 Å². The monoisotopic (exact) mass is 464 g/mol. The van der Waals surface area contributed by atoms with Crippen LogP contribution in [-0.4, -0.2) is 65.6 Å². The molecule has 10 heteroatoms. The summed E-state index contributed by atoms with van der Waals surface area (Å²) in [6.07, 6.45) is 1.33. The van der Waals surface area contributed by atoms with Crippen molar-refractivity contribution in [3.63, 3.8) is 0 Å². The summed E-state index contributed by atoms with van der Waals surface area (Å²) in [4.78, 5) is 11.4. The molecule has 2 aromatic carbocycles. The summed E-state index contributed by atoms with van der Waals surface area (Å²) in [5.41, 5.74) is 1.36. The molecule has 0 radical (unpaired) electrons. The Balaban J connectivity index is 2.59. The number of aryl methyl sites for hydroxylation is 1. The predicted octanol–water partition coefficient (Wildman–Crippen LogP) is 2.62. The van der Waals surface area contributed by atoms with Crippen molar-refractivity contribution >= 4 is 22.2 Å². The highest BCUT2D eigenvalue weighted by Crippen LogP contribution is 2.27. The molecule has 1 unspecified atom stereocenters. The third-order valence-corrected chi connectivity index (χ3v) is 6.23. The third-order valence-electron chi connectivity index (χ3n) is 4.48. The number of hydrogen-bond donors (Lipinski definition) is 0. The van der Waals surface area contributed by atoms with Crippen LogP contribution < -0.4 is 9.47 Å². The molecule has 0 saturated carbocycles. The zero-order valence-electron chi connectivity index (χ0n) is 18.8. The van der Waals surface area contributed by atoms with Crippen LogP contribution in [0.15, 0.2) is 52.5 Å². The molecule has 2 aromatic rings. The van der Waals surface area contributed by atoms with Gasteiger partial charge in [-0.1, -0.05) is 23.8 Å². The van der Waals surface area contributed by atoms with Crippen LogP contribution in [0.4, 0.5) is 0 Å². The molecule has 0 spiro atoms. The van der Waals surface area contributed by atoms with Crippen molar-refractivity contribution in [2.75, 3.05) is 34.5 Å². The molecule has 9 nitrogen and oxygen atoms in total. The van der Waals surface area contributed by atoms with E-state index in [4.69, 9.17) is 18.9 Å². The van der Waals surface area contributed by atoms with E-state index in [1.165, 1.54) is 46.6 Å². The van der Waals surface area contributed by atoms with E-state index in [-0.39, 0.29) is 18.1 Å². The maximum Gasteiger partial charge on any atom is 0.302 e. The minimum Gasteiger partial charge on any atom is -0.496 e. The van der Waals surface area contributed by atoms with E-state index < -0.39 is 22.0 Å². The molecule has 174 valence electrons. The fourth-order valence-corrected chi connectivity index (χ4v) is 4.26. The zero-order valence-corrected chi connectivity index (χ0v) is 19.6. The molecule has 0 saturated heterocycles. The number of nitrogens with zero attached hydrogens (tertiary/aromatic N) is 2. The van der Waals surface area contributed by atoms with Gasteiger partial charge in [-0.25, -0.2) is 0 Å². The van der Waals surface area contributed by atoms with Gasteiger partial charge in [-0.2, -0.15) is 17.9 Å². The maximum atomic E-state index is 13.5. The van der Waals surface area contributed by atoms with E-state index in [1.54, 1.807) is 30.3 Å². The normalized spacial score (nSPS) is 12.4. The van der Waals surface area contributed by atoms with Crippen LogP contribution in [0.1, 0.15) is 18.1 Å². The van der Waals surface area contributed by atoms with Gasteiger partial charge < -0.3 is 18.9 Å². The molecular weight excluding hydrogens is 436 g/mol. The van der Waals surface area contributed by atoms with Gasteiger partial charge >= 0.3 is 5.97 Å². The van der Waals surface area contributed by atoms with Crippen LogP contribution in [0.2, 0.25) is 0 Å². The highest BCUT2D eigenvalue weighted by molar-refractivity contribution is 7.89. The molecule has 0 bridgehead atoms. The number of methoxy groups -OCH3 is 3. The largest absolute Gasteiger partial charge is 0.496 e. The number of esters is 1. The highest BCUT2D eigenvalue weighted by Gasteiger charge is 2.31. The molecule has 0 amide bonds. The van der Waals surface area contributed by atoms with Crippen molar-refractivity contribution in [1.82, 2.24) is 4.41 Å². The van der Waals surface area contributed by atoms with Gasteiger partial charge in [0.2, 0.25) is 0 Å². The fourth-order valence-electron chi connectivity index (χ4n) is 2.87. The van der Waals surface area contributed by atoms with Gasteiger partial charge in [0.25, 0.3) is 10.0 Å². The molecule has 0 aliphatic heterocycles. The summed E-state index contributed by atoms with van der Waals surface area (Å²) >= 11 is 0. The van der Waals surface area contributed by atoms with Crippen molar-refractivity contribution in [3.8, 4) is 11.5 Å². The van der Waals surface area contributed by atoms with Gasteiger partial charge in [-0.05, 0) is 31.2 Å². The fraction of sp³-hybridized carbons (Fsp3) is 0.364. The second kappa shape index (κ2) is 11.5. The summed E-state index contributed by atoms with van der Waals surface area (Å²) in [7, 11) is 0.282. The van der Waals surface area contributed by atoms with Crippen molar-refractivity contribution in [2.45, 2.75) is 24.8 Å². The van der Waals surface area contributed by atoms with Crippen LogP contribution in [0.25, 0.3) is 0 Å². The van der Waals surface area contributed by atoms with Crippen LogP contribution in [0, 0.1) is 6.92 Å². The molecule has 0 aliphatic rings. The Hall–Kier alpha value is -3.11. The Kier molecular flexibility index (Phi) is 9.03. The van der Waals surface area contributed by atoms with E-state index in [1.807, 2.05) is 6.92 Å². The minimum atomic E-state index is -4.11. The first kappa shape index (κ1) is 25.2. The predicted molar refractivity (Wildman–Crippen MR) is 120 cm³/mol. The molecule has 1 atom stereocenters. The number of benzene rings is 2. The van der Waals surface area contributed by atoms with Gasteiger partial charge in [0.1, 0.15) is 24.1 Å². The van der Waals surface area contributed by atoms with Gasteiger partial charge in [-0.3, -0.25) is 4.79 Å². The SMILES string of the molecule is COCC(COC(C)=O)N(/N=C/c1c(OC)cccc1OC)S(=O)(=O)c1ccc(C)cc1. The summed E-state index contributed by atoms with van der Waals surface area (Å²) in [6.45, 7) is 2.80. The number of ether oxygens (including phenoxy) is 4. The van der Waals surface area contributed by atoms with Gasteiger partial charge in [0.05, 0.1) is 37.5 Å². The lowest BCUT2D eigenvalue weighted by Gasteiger charge is -2.27. The standard InChI is InChI=1S/C22H28N2O7S/c1-16-9-11-19(12-10-16)32(26,27)24(18(14-28-3)15-31-17(2)25)23-13-20-21(29-4)7-6-8-22(20)30-5/h6-13,18H,14-15H2,1-5H3/b23-13+. The number of carbonyl (C=O) groups is 1. The average Bonchev–Trinajstić information content (AvgIpc) is 2.77. The lowest BCUT2D eigenvalue weighted by atomic mass is 10.2. The molecule has 0 aliphatic carbocycles. The first-order valence-corrected chi connectivity index (χ1v) is 11.2. The number of carbonyl (C=O) groups excluding carboxylic acids is 1. The summed E-state index contributed by atoms with van der Waals surface area (Å²) in [5, 5.41) is 4.27. The third kappa shape index (κ3) is 6.21. The Bertz CT molecular complexity index is 1010. The summed E-state index contributed by atoms with van der Waals surface area (Å²) in [6, 6.07) is 10.6. The van der Waals surface area contributed by atoms with Crippen LogP contribution in [0.5, 0.6) is 11.5 Å². The van der Waals surface area contributed by atoms with E-state index >= 15 is 0 Å². The van der Waals surface area contributed by atoms with Crippen molar-refractivity contribution in [1.29, 1.82) is 0 Å². The average molecular weight is 465 g/mol. The van der Waals surface area contributed by atoms with Crippen molar-refractivity contribution in [3.05, 3.63) is 53.6 Å². The maximum absolute atomic E-state index is 13.5. The lowest BCUT2D eigenvalue weighted by Crippen LogP contribution is -2.42. The van der Waals surface area contributed by atoms with Gasteiger partial charge in [0.15, 0.2) is 0 Å². The van der Waals surface area contributed by atoms with Crippen LogP contribution in [0.3, 0.4) is 0 Å². The number of hydrazone groups is 1. The van der Waals surface area contributed by atoms with Crippen molar-refractivity contribution < 1.29 is 32.2 Å². The van der Waals surface area contributed by atoms with E-state index in [0.29, 0.717) is 17.1 Å². The molecule has 0 aromatic heterocycles. The minimum absolute atomic E-state index is 0.0381. The first-order valence-electron chi connectivity index (χ1n) is 9.73. The molecule has 2 rings (SSSR count). The lowest BCUT2D eigenvalue weighted by molar-refractivity contribution is -0.142. The highest BCUT2D eigenvalue weighted by atomic mass is 32.2. The molecule has 0 heterocycles. The summed E-state index contributed by atoms with van der Waals surface area (Å²) < 4.78 is 48.8. The quantitative estimate of drug-likeness (QED) is 0.286. The van der Waals surface area contributed by atoms with Crippen LogP contribution in [-0.2, 0) is 24.3 Å². The van der Waals surface area contributed by atoms with E-state index in [0.717, 1.165) is 9.98 Å². The summed E-state index contributed by atoms with van der Waals surface area (Å²) in [5.74, 6) is 0.349. The smallest absolute Gasteiger partial charge is 0.302 e. The van der Waals surface area contributed by atoms with Gasteiger partial charge in [0, 0.05) is 14.0 Å².